The third kappa shape index (κ3) is 8.41. The Morgan fingerprint density at radius 1 is 0.930 bits per heavy atom. The Morgan fingerprint density at radius 3 is 2.07 bits per heavy atom. The summed E-state index contributed by atoms with van der Waals surface area (Å²) in [6.07, 6.45) is -10.1. The average molecular weight is 616 g/mol. The van der Waals surface area contributed by atoms with Crippen LogP contribution in [-0.2, 0) is 21.9 Å². The van der Waals surface area contributed by atoms with E-state index in [1.807, 2.05) is 30.3 Å². The molecule has 2 aromatic carbocycles. The number of rotatable bonds is 7. The molecule has 0 unspecified atom stereocenters. The van der Waals surface area contributed by atoms with Gasteiger partial charge in [0.25, 0.3) is 0 Å². The molecule has 2 aliphatic rings. The minimum absolute atomic E-state index is 0.0207. The Bertz CT molecular complexity index is 1220. The van der Waals surface area contributed by atoms with Crippen LogP contribution in [0, 0.1) is 0 Å². The summed E-state index contributed by atoms with van der Waals surface area (Å²) in [7, 11) is 0. The van der Waals surface area contributed by atoms with Gasteiger partial charge >= 0.3 is 18.4 Å². The number of nitrogens with zero attached hydrogens (tertiary/aromatic N) is 2. The second-order valence-corrected chi connectivity index (χ2v) is 11.0. The van der Waals surface area contributed by atoms with Gasteiger partial charge in [-0.05, 0) is 55.5 Å². The molecule has 0 aliphatic carbocycles. The number of piperidine rings is 2. The Morgan fingerprint density at radius 2 is 1.51 bits per heavy atom. The lowest BCUT2D eigenvalue weighted by Gasteiger charge is -2.42. The van der Waals surface area contributed by atoms with Gasteiger partial charge < -0.3 is 25.0 Å². The molecule has 2 fully saturated rings. The number of ether oxygens (including phenoxy) is 1. The average Bonchev–Trinajstić information content (AvgIpc) is 2.97. The van der Waals surface area contributed by atoms with Crippen LogP contribution in [0.4, 0.5) is 31.1 Å². The van der Waals surface area contributed by atoms with Crippen molar-refractivity contribution in [2.24, 2.45) is 0 Å². The number of benzene rings is 2. The largest absolute Gasteiger partial charge is 0.416 e. The van der Waals surface area contributed by atoms with Gasteiger partial charge in [-0.25, -0.2) is 4.79 Å². The highest BCUT2D eigenvalue weighted by atomic mass is 19.4. The van der Waals surface area contributed by atoms with Gasteiger partial charge in [0.05, 0.1) is 29.9 Å². The Balaban J connectivity index is 1.48. The number of aliphatic hydroxyl groups is 1. The fourth-order valence-corrected chi connectivity index (χ4v) is 5.66. The minimum Gasteiger partial charge on any atom is -0.396 e. The van der Waals surface area contributed by atoms with Gasteiger partial charge in [0.15, 0.2) is 0 Å². The Labute approximate surface area is 245 Å². The molecule has 13 heteroatoms. The van der Waals surface area contributed by atoms with Gasteiger partial charge in [0.1, 0.15) is 0 Å². The molecule has 2 N–H and O–H groups in total. The van der Waals surface area contributed by atoms with Gasteiger partial charge in [-0.1, -0.05) is 30.3 Å². The minimum atomic E-state index is -4.96. The molecule has 0 aromatic heterocycles. The maximum atomic E-state index is 13.5. The Hall–Kier alpha value is -3.32. The van der Waals surface area contributed by atoms with Crippen molar-refractivity contribution in [2.75, 3.05) is 32.8 Å². The van der Waals surface area contributed by atoms with Crippen LogP contribution in [0.1, 0.15) is 66.9 Å². The number of amides is 3. The predicted octanol–water partition coefficient (Wildman–Crippen LogP) is 5.74. The molecule has 0 spiro atoms. The normalized spacial score (nSPS) is 21.0. The van der Waals surface area contributed by atoms with Crippen LogP contribution < -0.4 is 5.32 Å². The number of carbonyl (C=O) groups is 2. The molecule has 2 aliphatic heterocycles. The number of nitrogens with one attached hydrogen (secondary N) is 1. The number of hydrogen-bond donors (Lipinski definition) is 2. The monoisotopic (exact) mass is 615 g/mol. The van der Waals surface area contributed by atoms with Crippen LogP contribution in [0.5, 0.6) is 0 Å². The molecular weight excluding hydrogens is 580 g/mol. The van der Waals surface area contributed by atoms with Crippen molar-refractivity contribution >= 4 is 11.9 Å². The first-order chi connectivity index (χ1) is 20.3. The lowest BCUT2D eigenvalue weighted by molar-refractivity contribution is -0.143. The molecule has 4 rings (SSSR count). The molecule has 43 heavy (non-hydrogen) atoms. The summed E-state index contributed by atoms with van der Waals surface area (Å²) < 4.78 is 86.8. The second-order valence-electron chi connectivity index (χ2n) is 11.0. The van der Waals surface area contributed by atoms with E-state index in [-0.39, 0.29) is 55.1 Å². The van der Waals surface area contributed by atoms with E-state index in [9.17, 15) is 35.9 Å². The second kappa shape index (κ2) is 13.5. The molecule has 2 aromatic rings. The number of aliphatic hydroxyl groups excluding tert-OH is 1. The molecule has 3 atom stereocenters. The van der Waals surface area contributed by atoms with Crippen LogP contribution >= 0.6 is 0 Å². The maximum absolute atomic E-state index is 13.5. The van der Waals surface area contributed by atoms with E-state index in [4.69, 9.17) is 9.84 Å². The molecule has 3 amide bonds. The van der Waals surface area contributed by atoms with Crippen molar-refractivity contribution in [3.8, 4) is 0 Å². The first-order valence-corrected chi connectivity index (χ1v) is 14.2. The first-order valence-electron chi connectivity index (χ1n) is 14.2. The van der Waals surface area contributed by atoms with E-state index in [1.165, 1.54) is 6.92 Å². The van der Waals surface area contributed by atoms with Crippen molar-refractivity contribution < 1.29 is 45.8 Å². The number of likely N-dealkylation sites (tertiary alicyclic amines) is 2. The smallest absolute Gasteiger partial charge is 0.396 e. The van der Waals surface area contributed by atoms with Crippen LogP contribution in [0.15, 0.2) is 48.5 Å². The van der Waals surface area contributed by atoms with Crippen molar-refractivity contribution in [3.05, 3.63) is 70.8 Å². The fraction of sp³-hybridized carbons (Fsp3) is 0.533. The SMILES string of the molecule is C[C@@H](O[C@H]1CCN(C(=O)N2CCC(NC(=O)CCO)CC2)C[C@H]1c1ccccc1)c1cc(C(F)(F)F)cc(C(F)(F)F)c1. The van der Waals surface area contributed by atoms with E-state index in [1.54, 1.807) is 9.80 Å². The van der Waals surface area contributed by atoms with Gasteiger partial charge in [0, 0.05) is 44.6 Å². The number of alkyl halides is 6. The highest BCUT2D eigenvalue weighted by Gasteiger charge is 2.39. The summed E-state index contributed by atoms with van der Waals surface area (Å²) in [5.41, 5.74) is -2.20. The number of carbonyl (C=O) groups excluding carboxylic acids is 2. The van der Waals surface area contributed by atoms with Gasteiger partial charge in [-0.15, -0.1) is 0 Å². The topological polar surface area (TPSA) is 82.1 Å². The highest BCUT2D eigenvalue weighted by molar-refractivity contribution is 5.77. The van der Waals surface area contributed by atoms with Crippen LogP contribution in [0.3, 0.4) is 0 Å². The molecule has 7 nitrogen and oxygen atoms in total. The predicted molar refractivity (Wildman–Crippen MR) is 145 cm³/mol. The first kappa shape index (κ1) is 32.6. The molecule has 0 radical (unpaired) electrons. The standard InChI is InChI=1S/C30H35F6N3O4/c1-19(21-15-22(29(31,32)33)17-23(16-21)30(34,35)36)43-26-9-13-39(18-25(26)20-5-3-2-4-6-20)28(42)38-11-7-24(8-12-38)37-27(41)10-14-40/h2-6,15-17,19,24-26,40H,7-14,18H2,1H3,(H,37,41)/t19-,25+,26+/m1/s1. The van der Waals surface area contributed by atoms with Gasteiger partial charge in [-0.3, -0.25) is 4.79 Å². The summed E-state index contributed by atoms with van der Waals surface area (Å²) in [6, 6.07) is 10.4. The molecule has 2 heterocycles. The van der Waals surface area contributed by atoms with E-state index in [0.29, 0.717) is 51.0 Å². The molecular formula is C30H35F6N3O4. The number of halogens is 6. The third-order valence-electron chi connectivity index (χ3n) is 7.98. The summed E-state index contributed by atoms with van der Waals surface area (Å²) in [5, 5.41) is 11.8. The molecule has 2 saturated heterocycles. The van der Waals surface area contributed by atoms with Gasteiger partial charge in [-0.2, -0.15) is 26.3 Å². The van der Waals surface area contributed by atoms with Gasteiger partial charge in [0.2, 0.25) is 5.91 Å². The van der Waals surface area contributed by atoms with Crippen molar-refractivity contribution in [3.63, 3.8) is 0 Å². The summed E-state index contributed by atoms with van der Waals surface area (Å²) >= 11 is 0. The van der Waals surface area contributed by atoms with E-state index in [0.717, 1.165) is 5.56 Å². The zero-order valence-corrected chi connectivity index (χ0v) is 23.6. The third-order valence-corrected chi connectivity index (χ3v) is 7.98. The van der Waals surface area contributed by atoms with Crippen LogP contribution in [0.25, 0.3) is 0 Å². The van der Waals surface area contributed by atoms with Crippen molar-refractivity contribution in [1.82, 2.24) is 15.1 Å². The number of urea groups is 1. The lowest BCUT2D eigenvalue weighted by Crippen LogP contribution is -2.54. The lowest BCUT2D eigenvalue weighted by atomic mass is 9.87. The zero-order chi connectivity index (χ0) is 31.4. The van der Waals surface area contributed by atoms with E-state index >= 15 is 0 Å². The van der Waals surface area contributed by atoms with Crippen molar-refractivity contribution in [1.29, 1.82) is 0 Å². The van der Waals surface area contributed by atoms with Crippen LogP contribution in [0.2, 0.25) is 0 Å². The summed E-state index contributed by atoms with van der Waals surface area (Å²) in [6.45, 7) is 2.61. The highest BCUT2D eigenvalue weighted by Crippen LogP contribution is 2.39. The molecule has 0 saturated carbocycles. The summed E-state index contributed by atoms with van der Waals surface area (Å²) in [4.78, 5) is 28.6. The number of hydrogen-bond acceptors (Lipinski definition) is 4. The summed E-state index contributed by atoms with van der Waals surface area (Å²) in [5.74, 6) is -0.612. The fourth-order valence-electron chi connectivity index (χ4n) is 5.66. The quantitative estimate of drug-likeness (QED) is 0.390. The van der Waals surface area contributed by atoms with E-state index in [2.05, 4.69) is 5.32 Å². The zero-order valence-electron chi connectivity index (χ0n) is 23.6. The molecule has 236 valence electrons. The van der Waals surface area contributed by atoms with Crippen molar-refractivity contribution in [2.45, 2.75) is 69.1 Å². The van der Waals surface area contributed by atoms with E-state index < -0.39 is 35.7 Å². The van der Waals surface area contributed by atoms with Crippen LogP contribution in [-0.4, -0.2) is 71.8 Å². The Kier molecular flexibility index (Phi) is 10.3. The maximum Gasteiger partial charge on any atom is 0.416 e. The molecule has 0 bridgehead atoms.